The van der Waals surface area contributed by atoms with Crippen LogP contribution < -0.4 is 5.73 Å². The van der Waals surface area contributed by atoms with Crippen molar-refractivity contribution >= 4 is 5.69 Å². The first-order valence-electron chi connectivity index (χ1n) is 6.20. The average Bonchev–Trinajstić information content (AvgIpc) is 2.50. The molecule has 106 valence electrons. The minimum absolute atomic E-state index is 0.368. The fraction of sp³-hybridized carbons (Fsp3) is 0.538. The van der Waals surface area contributed by atoms with Crippen LogP contribution in [0.1, 0.15) is 11.1 Å². The second-order valence-electron chi connectivity index (χ2n) is 4.89. The van der Waals surface area contributed by atoms with E-state index in [-0.39, 0.29) is 6.54 Å². The van der Waals surface area contributed by atoms with Crippen molar-refractivity contribution in [3.8, 4) is 0 Å². The second-order valence-corrected chi connectivity index (χ2v) is 4.89. The Labute approximate surface area is 109 Å². The van der Waals surface area contributed by atoms with Crippen LogP contribution >= 0.6 is 0 Å². The van der Waals surface area contributed by atoms with Gasteiger partial charge in [-0.3, -0.25) is 4.90 Å². The third kappa shape index (κ3) is 3.61. The van der Waals surface area contributed by atoms with Gasteiger partial charge in [-0.1, -0.05) is 6.07 Å². The fourth-order valence-corrected chi connectivity index (χ4v) is 2.32. The highest BCUT2D eigenvalue weighted by Gasteiger charge is 2.39. The molecule has 0 saturated carbocycles. The van der Waals surface area contributed by atoms with Crippen LogP contribution in [0, 0.1) is 0 Å². The molecular formula is C13H17F3N2O. The molecule has 0 aromatic heterocycles. The zero-order valence-corrected chi connectivity index (χ0v) is 10.5. The summed E-state index contributed by atoms with van der Waals surface area (Å²) in [7, 11) is 0. The molecule has 1 heterocycles. The van der Waals surface area contributed by atoms with E-state index in [0.717, 1.165) is 11.1 Å². The number of hydrogen-bond acceptors (Lipinski definition) is 3. The van der Waals surface area contributed by atoms with Crippen LogP contribution in [0.15, 0.2) is 18.2 Å². The number of alkyl halides is 3. The molecule has 1 aromatic carbocycles. The molecule has 1 unspecified atom stereocenters. The molecule has 2 rings (SSSR count). The van der Waals surface area contributed by atoms with Crippen LogP contribution in [-0.2, 0) is 12.8 Å². The van der Waals surface area contributed by atoms with Crippen LogP contribution in [0.4, 0.5) is 18.9 Å². The van der Waals surface area contributed by atoms with E-state index in [1.54, 1.807) is 11.0 Å². The number of aliphatic hydroxyl groups is 1. The van der Waals surface area contributed by atoms with Crippen LogP contribution in [0.3, 0.4) is 0 Å². The topological polar surface area (TPSA) is 49.5 Å². The first kappa shape index (κ1) is 14.1. The molecule has 1 aliphatic rings. The van der Waals surface area contributed by atoms with Crippen molar-refractivity contribution in [3.63, 3.8) is 0 Å². The third-order valence-electron chi connectivity index (χ3n) is 3.43. The van der Waals surface area contributed by atoms with Crippen molar-refractivity contribution < 1.29 is 18.3 Å². The van der Waals surface area contributed by atoms with E-state index in [2.05, 4.69) is 0 Å². The van der Waals surface area contributed by atoms with E-state index in [1.807, 2.05) is 12.1 Å². The minimum atomic E-state index is -4.55. The SMILES string of the molecule is Nc1ccc2c(c1)CCN(CC(O)C(F)(F)F)CC2. The van der Waals surface area contributed by atoms with Crippen molar-refractivity contribution in [3.05, 3.63) is 29.3 Å². The number of halogens is 3. The fourth-order valence-electron chi connectivity index (χ4n) is 2.32. The number of benzene rings is 1. The van der Waals surface area contributed by atoms with Gasteiger partial charge in [0.1, 0.15) is 0 Å². The Morgan fingerprint density at radius 2 is 1.84 bits per heavy atom. The quantitative estimate of drug-likeness (QED) is 0.805. The maximum Gasteiger partial charge on any atom is 0.415 e. The molecule has 0 aliphatic carbocycles. The Bertz CT molecular complexity index is 448. The van der Waals surface area contributed by atoms with Gasteiger partial charge in [-0.2, -0.15) is 13.2 Å². The lowest BCUT2D eigenvalue weighted by atomic mass is 10.0. The Hall–Kier alpha value is -1.27. The van der Waals surface area contributed by atoms with E-state index in [0.29, 0.717) is 31.6 Å². The molecule has 0 amide bonds. The predicted octanol–water partition coefficient (Wildman–Crippen LogP) is 1.59. The monoisotopic (exact) mass is 274 g/mol. The van der Waals surface area contributed by atoms with Gasteiger partial charge in [-0.15, -0.1) is 0 Å². The first-order chi connectivity index (χ1) is 8.86. The molecule has 6 heteroatoms. The van der Waals surface area contributed by atoms with Crippen LogP contribution in [0.2, 0.25) is 0 Å². The second kappa shape index (κ2) is 5.38. The first-order valence-corrected chi connectivity index (χ1v) is 6.20. The summed E-state index contributed by atoms with van der Waals surface area (Å²) in [4.78, 5) is 1.65. The van der Waals surface area contributed by atoms with Crippen molar-refractivity contribution in [1.82, 2.24) is 4.90 Å². The van der Waals surface area contributed by atoms with Gasteiger partial charge in [0.2, 0.25) is 0 Å². The summed E-state index contributed by atoms with van der Waals surface area (Å²) in [5.41, 5.74) is 8.58. The molecule has 1 aliphatic heterocycles. The molecule has 3 nitrogen and oxygen atoms in total. The van der Waals surface area contributed by atoms with E-state index >= 15 is 0 Å². The summed E-state index contributed by atoms with van der Waals surface area (Å²) in [5, 5.41) is 9.10. The minimum Gasteiger partial charge on any atom is -0.399 e. The molecule has 1 atom stereocenters. The van der Waals surface area contributed by atoms with Crippen LogP contribution in [0.25, 0.3) is 0 Å². The summed E-state index contributed by atoms with van der Waals surface area (Å²) in [6, 6.07) is 5.60. The van der Waals surface area contributed by atoms with Gasteiger partial charge >= 0.3 is 6.18 Å². The summed E-state index contributed by atoms with van der Waals surface area (Å²) < 4.78 is 37.0. The molecule has 0 spiro atoms. The average molecular weight is 274 g/mol. The number of β-amino-alcohol motifs (C(OH)–C–C–N with tert-alkyl or cyclic N) is 1. The number of nitrogen functional groups attached to an aromatic ring is 1. The maximum absolute atomic E-state index is 12.3. The predicted molar refractivity (Wildman–Crippen MR) is 66.8 cm³/mol. The van der Waals surface area contributed by atoms with Gasteiger partial charge in [-0.05, 0) is 36.1 Å². The molecule has 0 saturated heterocycles. The number of nitrogens with two attached hydrogens (primary N) is 1. The lowest BCUT2D eigenvalue weighted by Gasteiger charge is -2.24. The van der Waals surface area contributed by atoms with E-state index in [1.165, 1.54) is 0 Å². The highest BCUT2D eigenvalue weighted by molar-refractivity contribution is 5.45. The summed E-state index contributed by atoms with van der Waals surface area (Å²) in [5.74, 6) is 0. The van der Waals surface area contributed by atoms with Crippen molar-refractivity contribution in [2.45, 2.75) is 25.1 Å². The smallest absolute Gasteiger partial charge is 0.399 e. The van der Waals surface area contributed by atoms with Crippen LogP contribution in [-0.4, -0.2) is 41.9 Å². The maximum atomic E-state index is 12.3. The molecule has 0 radical (unpaired) electrons. The van der Waals surface area contributed by atoms with Gasteiger partial charge in [0.15, 0.2) is 6.10 Å². The number of rotatable bonds is 2. The molecule has 0 bridgehead atoms. The Morgan fingerprint density at radius 1 is 1.21 bits per heavy atom. The number of anilines is 1. The molecule has 1 aromatic rings. The standard InChI is InChI=1S/C13H17F3N2O/c14-13(15,16)12(19)8-18-5-3-9-1-2-11(17)7-10(9)4-6-18/h1-2,7,12,19H,3-6,8,17H2. The number of aliphatic hydroxyl groups excluding tert-OH is 1. The highest BCUT2D eigenvalue weighted by Crippen LogP contribution is 2.23. The summed E-state index contributed by atoms with van der Waals surface area (Å²) in [6.45, 7) is 0.653. The van der Waals surface area contributed by atoms with E-state index < -0.39 is 12.3 Å². The van der Waals surface area contributed by atoms with Crippen molar-refractivity contribution in [2.75, 3.05) is 25.4 Å². The third-order valence-corrected chi connectivity index (χ3v) is 3.43. The lowest BCUT2D eigenvalue weighted by molar-refractivity contribution is -0.208. The largest absolute Gasteiger partial charge is 0.415 e. The van der Waals surface area contributed by atoms with E-state index in [4.69, 9.17) is 10.8 Å². The zero-order valence-electron chi connectivity index (χ0n) is 10.5. The molecule has 3 N–H and O–H groups in total. The van der Waals surface area contributed by atoms with Crippen molar-refractivity contribution in [1.29, 1.82) is 0 Å². The zero-order chi connectivity index (χ0) is 14.0. The molecular weight excluding hydrogens is 257 g/mol. The molecule has 19 heavy (non-hydrogen) atoms. The number of nitrogens with zero attached hydrogens (tertiary/aromatic N) is 1. The Morgan fingerprint density at radius 3 is 2.47 bits per heavy atom. The van der Waals surface area contributed by atoms with Gasteiger partial charge in [0.05, 0.1) is 0 Å². The van der Waals surface area contributed by atoms with Gasteiger partial charge < -0.3 is 10.8 Å². The van der Waals surface area contributed by atoms with Gasteiger partial charge in [-0.25, -0.2) is 0 Å². The van der Waals surface area contributed by atoms with Gasteiger partial charge in [0.25, 0.3) is 0 Å². The Balaban J connectivity index is 2.00. The molecule has 0 fully saturated rings. The van der Waals surface area contributed by atoms with E-state index in [9.17, 15) is 13.2 Å². The normalized spacial score (nSPS) is 18.7. The number of hydrogen-bond donors (Lipinski definition) is 2. The van der Waals surface area contributed by atoms with Crippen LogP contribution in [0.5, 0.6) is 0 Å². The highest BCUT2D eigenvalue weighted by atomic mass is 19.4. The number of fused-ring (bicyclic) bond motifs is 1. The lowest BCUT2D eigenvalue weighted by Crippen LogP contribution is -2.41. The van der Waals surface area contributed by atoms with Gasteiger partial charge in [0, 0.05) is 25.3 Å². The summed E-state index contributed by atoms with van der Waals surface area (Å²) >= 11 is 0. The van der Waals surface area contributed by atoms with Crippen molar-refractivity contribution in [2.24, 2.45) is 0 Å². The Kier molecular flexibility index (Phi) is 4.01. The summed E-state index contributed by atoms with van der Waals surface area (Å²) in [6.07, 6.45) is -5.49.